The van der Waals surface area contributed by atoms with Gasteiger partial charge in [0.2, 0.25) is 15.9 Å². The van der Waals surface area contributed by atoms with E-state index in [1.807, 2.05) is 47.4 Å². The fraction of sp³-hybridized carbons (Fsp3) is 0.259. The van der Waals surface area contributed by atoms with E-state index in [-0.39, 0.29) is 22.1 Å². The van der Waals surface area contributed by atoms with Gasteiger partial charge in [0.15, 0.2) is 0 Å². The van der Waals surface area contributed by atoms with Crippen LogP contribution in [0, 0.1) is 0 Å². The number of thioether (sulfide) groups is 1. The molecule has 9 heteroatoms. The Morgan fingerprint density at radius 3 is 2.25 bits per heavy atom. The van der Waals surface area contributed by atoms with Crippen molar-refractivity contribution in [1.29, 1.82) is 0 Å². The minimum absolute atomic E-state index is 0.0973. The second-order valence-electron chi connectivity index (χ2n) is 8.88. The number of rotatable bonds is 7. The van der Waals surface area contributed by atoms with Crippen molar-refractivity contribution in [2.24, 2.45) is 0 Å². The molecule has 36 heavy (non-hydrogen) atoms. The van der Waals surface area contributed by atoms with E-state index in [1.54, 1.807) is 36.0 Å². The van der Waals surface area contributed by atoms with Gasteiger partial charge in [0, 0.05) is 30.9 Å². The summed E-state index contributed by atoms with van der Waals surface area (Å²) in [5.74, 6) is 0.252. The highest BCUT2D eigenvalue weighted by Crippen LogP contribution is 2.39. The number of carbonyl (C=O) groups is 2. The van der Waals surface area contributed by atoms with Crippen molar-refractivity contribution in [3.63, 3.8) is 0 Å². The van der Waals surface area contributed by atoms with Crippen LogP contribution in [0.25, 0.3) is 0 Å². The van der Waals surface area contributed by atoms with E-state index in [9.17, 15) is 18.0 Å². The minimum Gasteiger partial charge on any atom is -0.322 e. The van der Waals surface area contributed by atoms with E-state index in [4.69, 9.17) is 0 Å². The Hall–Kier alpha value is -3.14. The summed E-state index contributed by atoms with van der Waals surface area (Å²) in [4.78, 5) is 27.4. The average Bonchev–Trinajstić information content (AvgIpc) is 3.57. The molecule has 0 spiro atoms. The van der Waals surface area contributed by atoms with Crippen LogP contribution < -0.4 is 5.32 Å². The summed E-state index contributed by atoms with van der Waals surface area (Å²) in [6.45, 7) is 1.64. The molecular formula is C27H27N3O4S2. The van der Waals surface area contributed by atoms with Gasteiger partial charge >= 0.3 is 0 Å². The highest BCUT2D eigenvalue weighted by Gasteiger charge is 2.33. The Kier molecular flexibility index (Phi) is 7.13. The van der Waals surface area contributed by atoms with Crippen LogP contribution in [-0.4, -0.2) is 48.3 Å². The molecule has 5 rings (SSSR count). The monoisotopic (exact) mass is 521 g/mol. The van der Waals surface area contributed by atoms with Crippen molar-refractivity contribution in [2.75, 3.05) is 24.2 Å². The minimum atomic E-state index is -3.49. The molecule has 3 aromatic carbocycles. The molecule has 2 saturated heterocycles. The summed E-state index contributed by atoms with van der Waals surface area (Å²) in [5, 5.41) is 2.73. The summed E-state index contributed by atoms with van der Waals surface area (Å²) in [6.07, 6.45) is 1.76. The third-order valence-corrected chi connectivity index (χ3v) is 9.61. The quantitative estimate of drug-likeness (QED) is 0.495. The van der Waals surface area contributed by atoms with E-state index in [0.29, 0.717) is 36.6 Å². The number of nitrogens with one attached hydrogen (secondary N) is 1. The molecule has 0 unspecified atom stereocenters. The molecule has 0 radical (unpaired) electrons. The Morgan fingerprint density at radius 1 is 0.917 bits per heavy atom. The number of hydrogen-bond acceptors (Lipinski definition) is 5. The number of hydrogen-bond donors (Lipinski definition) is 1. The number of nitrogens with zero attached hydrogens (tertiary/aromatic N) is 2. The maximum atomic E-state index is 12.8. The normalized spacial score (nSPS) is 18.5. The van der Waals surface area contributed by atoms with Crippen LogP contribution in [0.3, 0.4) is 0 Å². The van der Waals surface area contributed by atoms with E-state index >= 15 is 0 Å². The molecule has 2 heterocycles. The van der Waals surface area contributed by atoms with Gasteiger partial charge in [0.25, 0.3) is 5.91 Å². The summed E-state index contributed by atoms with van der Waals surface area (Å²) in [6, 6.07) is 23.4. The smallest absolute Gasteiger partial charge is 0.255 e. The predicted molar refractivity (Wildman–Crippen MR) is 141 cm³/mol. The maximum Gasteiger partial charge on any atom is 0.255 e. The lowest BCUT2D eigenvalue weighted by Gasteiger charge is -2.24. The van der Waals surface area contributed by atoms with Crippen LogP contribution in [0.15, 0.2) is 83.8 Å². The molecule has 0 bridgehead atoms. The molecule has 0 aliphatic carbocycles. The summed E-state index contributed by atoms with van der Waals surface area (Å²) >= 11 is 1.58. The SMILES string of the molecule is O=C(Nc1ccc(S(=O)(=O)N2CCCC2)cc1)c1ccc([C@@H]2SCC(=O)N2Cc2ccccc2)cc1. The number of sulfonamides is 1. The van der Waals surface area contributed by atoms with Crippen LogP contribution in [0.2, 0.25) is 0 Å². The summed E-state index contributed by atoms with van der Waals surface area (Å²) < 4.78 is 26.9. The lowest BCUT2D eigenvalue weighted by molar-refractivity contribution is -0.128. The van der Waals surface area contributed by atoms with E-state index in [0.717, 1.165) is 24.0 Å². The van der Waals surface area contributed by atoms with Crippen molar-refractivity contribution < 1.29 is 18.0 Å². The molecule has 7 nitrogen and oxygen atoms in total. The third kappa shape index (κ3) is 5.18. The second kappa shape index (κ2) is 10.5. The first-order valence-electron chi connectivity index (χ1n) is 11.9. The van der Waals surface area contributed by atoms with E-state index in [2.05, 4.69) is 5.32 Å². The van der Waals surface area contributed by atoms with E-state index < -0.39 is 10.0 Å². The van der Waals surface area contributed by atoms with Crippen LogP contribution in [0.4, 0.5) is 5.69 Å². The van der Waals surface area contributed by atoms with Crippen LogP contribution in [0.1, 0.15) is 39.7 Å². The zero-order valence-corrected chi connectivity index (χ0v) is 21.3. The standard InChI is InChI=1S/C27H27N3O4S2/c31-25-19-35-27(30(25)18-20-6-2-1-3-7-20)22-10-8-21(9-11-22)26(32)28-23-12-14-24(15-13-23)36(33,34)29-16-4-5-17-29/h1-3,6-15,27H,4-5,16-19H2,(H,28,32)/t27-/m0/s1. The summed E-state index contributed by atoms with van der Waals surface area (Å²) in [5.41, 5.74) is 3.05. The molecule has 1 N–H and O–H groups in total. The molecule has 1 atom stereocenters. The van der Waals surface area contributed by atoms with Gasteiger partial charge in [-0.2, -0.15) is 4.31 Å². The maximum absolute atomic E-state index is 12.8. The lowest BCUT2D eigenvalue weighted by Crippen LogP contribution is -2.27. The fourth-order valence-corrected chi connectivity index (χ4v) is 7.18. The van der Waals surface area contributed by atoms with Gasteiger partial charge in [0.1, 0.15) is 5.37 Å². The van der Waals surface area contributed by atoms with E-state index in [1.165, 1.54) is 16.4 Å². The highest BCUT2D eigenvalue weighted by molar-refractivity contribution is 8.00. The molecule has 3 aromatic rings. The topological polar surface area (TPSA) is 86.8 Å². The fourth-order valence-electron chi connectivity index (χ4n) is 4.47. The first kappa shape index (κ1) is 24.5. The van der Waals surface area contributed by atoms with Crippen LogP contribution in [-0.2, 0) is 21.4 Å². The Balaban J connectivity index is 1.24. The zero-order valence-electron chi connectivity index (χ0n) is 19.7. The van der Waals surface area contributed by atoms with Crippen LogP contribution >= 0.6 is 11.8 Å². The van der Waals surface area contributed by atoms with Crippen molar-refractivity contribution >= 4 is 39.3 Å². The molecular weight excluding hydrogens is 494 g/mol. The number of anilines is 1. The largest absolute Gasteiger partial charge is 0.322 e. The molecule has 2 aliphatic heterocycles. The van der Waals surface area contributed by atoms with Gasteiger partial charge < -0.3 is 10.2 Å². The molecule has 0 saturated carbocycles. The summed E-state index contributed by atoms with van der Waals surface area (Å²) in [7, 11) is -3.49. The van der Waals surface area contributed by atoms with Crippen molar-refractivity contribution in [2.45, 2.75) is 29.7 Å². The van der Waals surface area contributed by atoms with Crippen molar-refractivity contribution in [3.8, 4) is 0 Å². The van der Waals surface area contributed by atoms with Crippen molar-refractivity contribution in [3.05, 3.63) is 95.6 Å². The van der Waals surface area contributed by atoms with Gasteiger partial charge in [-0.05, 0) is 60.4 Å². The molecule has 2 amide bonds. The third-order valence-electron chi connectivity index (χ3n) is 6.44. The molecule has 186 valence electrons. The van der Waals surface area contributed by atoms with Gasteiger partial charge in [-0.1, -0.05) is 42.5 Å². The predicted octanol–water partition coefficient (Wildman–Crippen LogP) is 4.50. The van der Waals surface area contributed by atoms with Crippen LogP contribution in [0.5, 0.6) is 0 Å². The second-order valence-corrected chi connectivity index (χ2v) is 11.9. The highest BCUT2D eigenvalue weighted by atomic mass is 32.2. The Morgan fingerprint density at radius 2 is 1.58 bits per heavy atom. The van der Waals surface area contributed by atoms with Gasteiger partial charge in [-0.25, -0.2) is 8.42 Å². The number of benzene rings is 3. The molecule has 0 aromatic heterocycles. The first-order chi connectivity index (χ1) is 17.4. The van der Waals surface area contributed by atoms with Gasteiger partial charge in [0.05, 0.1) is 10.6 Å². The molecule has 2 fully saturated rings. The average molecular weight is 522 g/mol. The first-order valence-corrected chi connectivity index (χ1v) is 14.4. The Bertz CT molecular complexity index is 1340. The lowest BCUT2D eigenvalue weighted by atomic mass is 10.1. The number of carbonyl (C=O) groups excluding carboxylic acids is 2. The van der Waals surface area contributed by atoms with Gasteiger partial charge in [-0.3, -0.25) is 9.59 Å². The van der Waals surface area contributed by atoms with Crippen molar-refractivity contribution in [1.82, 2.24) is 9.21 Å². The van der Waals surface area contributed by atoms with Gasteiger partial charge in [-0.15, -0.1) is 11.8 Å². The number of amides is 2. The molecule has 2 aliphatic rings. The zero-order chi connectivity index (χ0) is 25.1. The Labute approximate surface area is 215 Å².